The molecule has 2 aromatic rings. The molecule has 0 fully saturated rings. The molecule has 0 aliphatic carbocycles. The molecule has 6 heteroatoms. The van der Waals surface area contributed by atoms with Crippen LogP contribution in [0.15, 0.2) is 30.5 Å². The second-order valence-electron chi connectivity index (χ2n) is 4.28. The Hall–Kier alpha value is -2.76. The zero-order chi connectivity index (χ0) is 14.7. The van der Waals surface area contributed by atoms with Crippen LogP contribution in [0.4, 0.5) is 5.69 Å². The molecule has 0 N–H and O–H groups in total. The van der Waals surface area contributed by atoms with Gasteiger partial charge in [0.05, 0.1) is 10.5 Å². The molecule has 6 nitrogen and oxygen atoms in total. The predicted octanol–water partition coefficient (Wildman–Crippen LogP) is 3.21. The molecule has 0 unspecified atom stereocenters. The fourth-order valence-corrected chi connectivity index (χ4v) is 1.76. The number of ether oxygens (including phenoxy) is 1. The van der Waals surface area contributed by atoms with Gasteiger partial charge in [0, 0.05) is 17.8 Å². The molecule has 0 aliphatic rings. The Labute approximate surface area is 115 Å². The molecule has 2 rings (SSSR count). The van der Waals surface area contributed by atoms with Gasteiger partial charge in [0.15, 0.2) is 6.29 Å². The Morgan fingerprint density at radius 3 is 2.70 bits per heavy atom. The second-order valence-corrected chi connectivity index (χ2v) is 4.28. The second kappa shape index (κ2) is 5.48. The number of carbonyl (C=O) groups is 1. The number of benzene rings is 1. The first kappa shape index (κ1) is 13.7. The topological polar surface area (TPSA) is 82.3 Å². The van der Waals surface area contributed by atoms with Crippen LogP contribution in [0, 0.1) is 24.0 Å². The highest BCUT2D eigenvalue weighted by Gasteiger charge is 2.15. The number of rotatable bonds is 4. The van der Waals surface area contributed by atoms with Crippen molar-refractivity contribution in [2.75, 3.05) is 0 Å². The van der Waals surface area contributed by atoms with E-state index in [0.29, 0.717) is 28.7 Å². The fraction of sp³-hybridized carbons (Fsp3) is 0.143. The predicted molar refractivity (Wildman–Crippen MR) is 72.3 cm³/mol. The number of aryl methyl sites for hydroxylation is 2. The van der Waals surface area contributed by atoms with Crippen LogP contribution in [0.25, 0.3) is 0 Å². The van der Waals surface area contributed by atoms with E-state index in [4.69, 9.17) is 4.74 Å². The van der Waals surface area contributed by atoms with E-state index in [0.717, 1.165) is 0 Å². The summed E-state index contributed by atoms with van der Waals surface area (Å²) < 4.78 is 5.58. The van der Waals surface area contributed by atoms with E-state index in [1.807, 2.05) is 0 Å². The maximum Gasteiger partial charge on any atom is 0.272 e. The van der Waals surface area contributed by atoms with E-state index in [1.54, 1.807) is 32.0 Å². The largest absolute Gasteiger partial charge is 0.438 e. The maximum absolute atomic E-state index is 10.9. The summed E-state index contributed by atoms with van der Waals surface area (Å²) in [5, 5.41) is 10.9. The van der Waals surface area contributed by atoms with Crippen LogP contribution in [-0.4, -0.2) is 16.2 Å². The third-order valence-corrected chi connectivity index (χ3v) is 2.82. The summed E-state index contributed by atoms with van der Waals surface area (Å²) in [5.74, 6) is 0.619. The lowest BCUT2D eigenvalue weighted by Crippen LogP contribution is -1.98. The third-order valence-electron chi connectivity index (χ3n) is 2.82. The van der Waals surface area contributed by atoms with Gasteiger partial charge in [0.25, 0.3) is 5.69 Å². The van der Waals surface area contributed by atoms with Crippen LogP contribution in [0.2, 0.25) is 0 Å². The highest BCUT2D eigenvalue weighted by Crippen LogP contribution is 2.31. The molecule has 0 spiro atoms. The molecule has 0 aliphatic heterocycles. The molecule has 1 heterocycles. The van der Waals surface area contributed by atoms with E-state index in [2.05, 4.69) is 4.98 Å². The lowest BCUT2D eigenvalue weighted by atomic mass is 10.1. The van der Waals surface area contributed by atoms with Crippen LogP contribution >= 0.6 is 0 Å². The lowest BCUT2D eigenvalue weighted by Gasteiger charge is -2.10. The van der Waals surface area contributed by atoms with Gasteiger partial charge in [-0.15, -0.1) is 0 Å². The Bertz CT molecular complexity index is 683. The van der Waals surface area contributed by atoms with Crippen LogP contribution < -0.4 is 4.74 Å². The van der Waals surface area contributed by atoms with Gasteiger partial charge in [-0.05, 0) is 37.6 Å². The number of hydrogen-bond acceptors (Lipinski definition) is 5. The van der Waals surface area contributed by atoms with Crippen LogP contribution in [0.5, 0.6) is 11.6 Å². The summed E-state index contributed by atoms with van der Waals surface area (Å²) in [5.41, 5.74) is 1.44. The van der Waals surface area contributed by atoms with Crippen molar-refractivity contribution in [3.63, 3.8) is 0 Å². The average molecular weight is 272 g/mol. The minimum absolute atomic E-state index is 0.0338. The molecule has 1 aromatic carbocycles. The molecular weight excluding hydrogens is 260 g/mol. The number of nitrogens with zero attached hydrogens (tertiary/aromatic N) is 2. The molecule has 20 heavy (non-hydrogen) atoms. The van der Waals surface area contributed by atoms with Gasteiger partial charge < -0.3 is 4.74 Å². The summed E-state index contributed by atoms with van der Waals surface area (Å²) in [4.78, 5) is 25.3. The molecule has 0 atom stereocenters. The SMILES string of the molecule is Cc1cc([N+](=O)[O-])c(C)cc1Oc1ncccc1C=O. The molecule has 0 saturated heterocycles. The maximum atomic E-state index is 10.9. The monoisotopic (exact) mass is 272 g/mol. The Kier molecular flexibility index (Phi) is 3.74. The molecule has 0 amide bonds. The number of aldehydes is 1. The van der Waals surface area contributed by atoms with Crippen molar-refractivity contribution in [2.24, 2.45) is 0 Å². The summed E-state index contributed by atoms with van der Waals surface area (Å²) in [6.07, 6.45) is 2.16. The average Bonchev–Trinajstić information content (AvgIpc) is 2.42. The van der Waals surface area contributed by atoms with Crippen LogP contribution in [0.3, 0.4) is 0 Å². The first-order valence-electron chi connectivity index (χ1n) is 5.86. The molecule has 0 radical (unpaired) electrons. The highest BCUT2D eigenvalue weighted by molar-refractivity contribution is 5.78. The Morgan fingerprint density at radius 1 is 1.30 bits per heavy atom. The van der Waals surface area contributed by atoms with Crippen molar-refractivity contribution >= 4 is 12.0 Å². The number of nitro benzene ring substituents is 1. The summed E-state index contributed by atoms with van der Waals surface area (Å²) in [7, 11) is 0. The molecule has 102 valence electrons. The van der Waals surface area contributed by atoms with E-state index >= 15 is 0 Å². The number of hydrogen-bond donors (Lipinski definition) is 0. The van der Waals surface area contributed by atoms with Crippen LogP contribution in [-0.2, 0) is 0 Å². The zero-order valence-electron chi connectivity index (χ0n) is 11.0. The van der Waals surface area contributed by atoms with Gasteiger partial charge in [0.1, 0.15) is 5.75 Å². The van der Waals surface area contributed by atoms with Crippen molar-refractivity contribution in [3.8, 4) is 11.6 Å². The van der Waals surface area contributed by atoms with Gasteiger partial charge in [-0.2, -0.15) is 0 Å². The fourth-order valence-electron chi connectivity index (χ4n) is 1.76. The molecular formula is C14H12N2O4. The van der Waals surface area contributed by atoms with Gasteiger partial charge in [-0.25, -0.2) is 4.98 Å². The van der Waals surface area contributed by atoms with Crippen molar-refractivity contribution in [2.45, 2.75) is 13.8 Å². The molecule has 0 saturated carbocycles. The minimum Gasteiger partial charge on any atom is -0.438 e. The standard InChI is InChI=1S/C14H12N2O4/c1-9-7-13(10(2)6-12(9)16(18)19)20-14-11(8-17)4-3-5-15-14/h3-8H,1-2H3. The summed E-state index contributed by atoms with van der Waals surface area (Å²) in [6, 6.07) is 6.22. The Morgan fingerprint density at radius 2 is 2.05 bits per heavy atom. The number of pyridine rings is 1. The first-order chi connectivity index (χ1) is 9.52. The quantitative estimate of drug-likeness (QED) is 0.485. The first-order valence-corrected chi connectivity index (χ1v) is 5.86. The number of aromatic nitrogens is 1. The van der Waals surface area contributed by atoms with Gasteiger partial charge >= 0.3 is 0 Å². The Balaban J connectivity index is 2.42. The number of carbonyl (C=O) groups excluding carboxylic acids is 1. The van der Waals surface area contributed by atoms with Crippen LogP contribution in [0.1, 0.15) is 21.5 Å². The van der Waals surface area contributed by atoms with E-state index in [-0.39, 0.29) is 11.6 Å². The highest BCUT2D eigenvalue weighted by atomic mass is 16.6. The van der Waals surface area contributed by atoms with E-state index in [9.17, 15) is 14.9 Å². The van der Waals surface area contributed by atoms with Crippen molar-refractivity contribution in [3.05, 3.63) is 57.3 Å². The van der Waals surface area contributed by atoms with Gasteiger partial charge in [-0.1, -0.05) is 0 Å². The van der Waals surface area contributed by atoms with Crippen molar-refractivity contribution < 1.29 is 14.5 Å². The van der Waals surface area contributed by atoms with Gasteiger partial charge in [0.2, 0.25) is 5.88 Å². The smallest absolute Gasteiger partial charge is 0.272 e. The number of nitro groups is 1. The van der Waals surface area contributed by atoms with E-state index < -0.39 is 4.92 Å². The normalized spacial score (nSPS) is 10.1. The third kappa shape index (κ3) is 2.64. The zero-order valence-corrected chi connectivity index (χ0v) is 11.0. The van der Waals surface area contributed by atoms with E-state index in [1.165, 1.54) is 12.3 Å². The van der Waals surface area contributed by atoms with Crippen molar-refractivity contribution in [1.82, 2.24) is 4.98 Å². The summed E-state index contributed by atoms with van der Waals surface area (Å²) in [6.45, 7) is 3.33. The summed E-state index contributed by atoms with van der Waals surface area (Å²) >= 11 is 0. The molecule has 0 bridgehead atoms. The lowest BCUT2D eigenvalue weighted by molar-refractivity contribution is -0.385. The molecule has 1 aromatic heterocycles. The minimum atomic E-state index is -0.441. The van der Waals surface area contributed by atoms with Gasteiger partial charge in [-0.3, -0.25) is 14.9 Å². The van der Waals surface area contributed by atoms with Crippen molar-refractivity contribution in [1.29, 1.82) is 0 Å².